The number of anilines is 1. The molecule has 1 N–H and O–H groups in total. The second-order valence-corrected chi connectivity index (χ2v) is 6.49. The van der Waals surface area contributed by atoms with Crippen molar-refractivity contribution in [2.75, 3.05) is 18.0 Å². The second-order valence-electron chi connectivity index (χ2n) is 6.49. The minimum Gasteiger partial charge on any atom is -0.508 e. The number of benzene rings is 2. The SMILES string of the molecule is Oc1cccc(N2C3CCC2CN(Cc2ccccc2)C3)c1. The van der Waals surface area contributed by atoms with Gasteiger partial charge in [0.25, 0.3) is 0 Å². The van der Waals surface area contributed by atoms with Crippen molar-refractivity contribution in [3.8, 4) is 5.75 Å². The summed E-state index contributed by atoms with van der Waals surface area (Å²) in [5.41, 5.74) is 2.57. The van der Waals surface area contributed by atoms with E-state index in [0.29, 0.717) is 17.8 Å². The molecule has 2 fully saturated rings. The number of nitrogens with zero attached hydrogens (tertiary/aromatic N) is 2. The molecule has 0 saturated carbocycles. The maximum Gasteiger partial charge on any atom is 0.117 e. The average molecular weight is 294 g/mol. The van der Waals surface area contributed by atoms with Crippen molar-refractivity contribution in [3.05, 3.63) is 60.2 Å². The third-order valence-corrected chi connectivity index (χ3v) is 4.93. The van der Waals surface area contributed by atoms with Gasteiger partial charge in [0.2, 0.25) is 0 Å². The van der Waals surface area contributed by atoms with E-state index in [9.17, 15) is 5.11 Å². The molecule has 2 aliphatic heterocycles. The van der Waals surface area contributed by atoms with Gasteiger partial charge in [-0.3, -0.25) is 4.90 Å². The highest BCUT2D eigenvalue weighted by atomic mass is 16.3. The summed E-state index contributed by atoms with van der Waals surface area (Å²) < 4.78 is 0. The highest BCUT2D eigenvalue weighted by molar-refractivity contribution is 5.53. The van der Waals surface area contributed by atoms with E-state index < -0.39 is 0 Å². The van der Waals surface area contributed by atoms with E-state index in [1.807, 2.05) is 12.1 Å². The van der Waals surface area contributed by atoms with Crippen molar-refractivity contribution in [3.63, 3.8) is 0 Å². The summed E-state index contributed by atoms with van der Waals surface area (Å²) in [5.74, 6) is 0.364. The van der Waals surface area contributed by atoms with E-state index >= 15 is 0 Å². The predicted molar refractivity (Wildman–Crippen MR) is 89.1 cm³/mol. The standard InChI is InChI=1S/C19H22N2O/c22-19-8-4-7-16(11-19)21-17-9-10-18(21)14-20(13-17)12-15-5-2-1-3-6-15/h1-8,11,17-18,22H,9-10,12-14H2. The summed E-state index contributed by atoms with van der Waals surface area (Å²) in [5, 5.41) is 9.75. The van der Waals surface area contributed by atoms with Crippen molar-refractivity contribution in [1.29, 1.82) is 0 Å². The number of aromatic hydroxyl groups is 1. The number of piperazine rings is 1. The highest BCUT2D eigenvalue weighted by Gasteiger charge is 2.39. The summed E-state index contributed by atoms with van der Waals surface area (Å²) in [6.07, 6.45) is 2.51. The molecule has 0 aromatic heterocycles. The van der Waals surface area contributed by atoms with Gasteiger partial charge in [-0.1, -0.05) is 36.4 Å². The van der Waals surface area contributed by atoms with E-state index in [-0.39, 0.29) is 0 Å². The monoisotopic (exact) mass is 294 g/mol. The van der Waals surface area contributed by atoms with E-state index in [2.05, 4.69) is 46.2 Å². The van der Waals surface area contributed by atoms with Gasteiger partial charge < -0.3 is 10.0 Å². The lowest BCUT2D eigenvalue weighted by atomic mass is 10.1. The van der Waals surface area contributed by atoms with Gasteiger partial charge in [0, 0.05) is 43.5 Å². The quantitative estimate of drug-likeness (QED) is 0.941. The summed E-state index contributed by atoms with van der Waals surface area (Å²) >= 11 is 0. The summed E-state index contributed by atoms with van der Waals surface area (Å²) in [7, 11) is 0. The first-order valence-electron chi connectivity index (χ1n) is 8.13. The minimum atomic E-state index is 0.364. The smallest absolute Gasteiger partial charge is 0.117 e. The Balaban J connectivity index is 1.50. The van der Waals surface area contributed by atoms with E-state index in [4.69, 9.17) is 0 Å². The van der Waals surface area contributed by atoms with E-state index in [0.717, 1.165) is 19.6 Å². The molecule has 22 heavy (non-hydrogen) atoms. The summed E-state index contributed by atoms with van der Waals surface area (Å²) in [6, 6.07) is 19.6. The van der Waals surface area contributed by atoms with Crippen LogP contribution in [0, 0.1) is 0 Å². The van der Waals surface area contributed by atoms with Gasteiger partial charge in [-0.25, -0.2) is 0 Å². The molecule has 0 spiro atoms. The van der Waals surface area contributed by atoms with Gasteiger partial charge in [-0.15, -0.1) is 0 Å². The molecule has 2 bridgehead atoms. The topological polar surface area (TPSA) is 26.7 Å². The molecule has 2 saturated heterocycles. The zero-order chi connectivity index (χ0) is 14.9. The minimum absolute atomic E-state index is 0.364. The fraction of sp³-hybridized carbons (Fsp3) is 0.368. The maximum atomic E-state index is 9.75. The third kappa shape index (κ3) is 2.57. The van der Waals surface area contributed by atoms with Crippen LogP contribution in [-0.2, 0) is 6.54 Å². The molecule has 2 aromatic rings. The van der Waals surface area contributed by atoms with Crippen LogP contribution in [0.3, 0.4) is 0 Å². The molecule has 114 valence electrons. The molecule has 2 unspecified atom stereocenters. The predicted octanol–water partition coefficient (Wildman–Crippen LogP) is 3.25. The van der Waals surface area contributed by atoms with Gasteiger partial charge in [-0.05, 0) is 30.5 Å². The average Bonchev–Trinajstić information content (AvgIpc) is 2.80. The van der Waals surface area contributed by atoms with Crippen molar-refractivity contribution in [1.82, 2.24) is 4.90 Å². The summed E-state index contributed by atoms with van der Waals surface area (Å²) in [6.45, 7) is 3.27. The van der Waals surface area contributed by atoms with Crippen LogP contribution in [0.1, 0.15) is 18.4 Å². The highest BCUT2D eigenvalue weighted by Crippen LogP contribution is 2.36. The van der Waals surface area contributed by atoms with Crippen LogP contribution in [0.25, 0.3) is 0 Å². The van der Waals surface area contributed by atoms with Crippen LogP contribution in [-0.4, -0.2) is 35.2 Å². The van der Waals surface area contributed by atoms with Crippen molar-refractivity contribution in [2.45, 2.75) is 31.5 Å². The number of fused-ring (bicyclic) bond motifs is 2. The van der Waals surface area contributed by atoms with Crippen LogP contribution in [0.15, 0.2) is 54.6 Å². The third-order valence-electron chi connectivity index (χ3n) is 4.93. The van der Waals surface area contributed by atoms with Crippen LogP contribution >= 0.6 is 0 Å². The largest absolute Gasteiger partial charge is 0.508 e. The number of hydrogen-bond acceptors (Lipinski definition) is 3. The Hall–Kier alpha value is -2.00. The van der Waals surface area contributed by atoms with Crippen molar-refractivity contribution < 1.29 is 5.11 Å². The molecule has 0 aliphatic carbocycles. The Morgan fingerprint density at radius 3 is 2.32 bits per heavy atom. The molecular formula is C19H22N2O. The molecule has 0 radical (unpaired) electrons. The Bertz CT molecular complexity index is 629. The fourth-order valence-corrected chi connectivity index (χ4v) is 4.04. The van der Waals surface area contributed by atoms with Crippen LogP contribution < -0.4 is 4.90 Å². The van der Waals surface area contributed by atoms with Gasteiger partial charge in [-0.2, -0.15) is 0 Å². The van der Waals surface area contributed by atoms with Crippen molar-refractivity contribution >= 4 is 5.69 Å². The molecule has 3 heteroatoms. The molecule has 2 aliphatic rings. The van der Waals surface area contributed by atoms with Crippen LogP contribution in [0.4, 0.5) is 5.69 Å². The first-order chi connectivity index (χ1) is 10.8. The van der Waals surface area contributed by atoms with Gasteiger partial charge in [0.1, 0.15) is 5.75 Å². The lowest BCUT2D eigenvalue weighted by Crippen LogP contribution is -2.53. The normalized spacial score (nSPS) is 24.6. The molecule has 4 rings (SSSR count). The lowest BCUT2D eigenvalue weighted by Gasteiger charge is -2.42. The first-order valence-corrected chi connectivity index (χ1v) is 8.13. The van der Waals surface area contributed by atoms with Gasteiger partial charge in [0.05, 0.1) is 0 Å². The van der Waals surface area contributed by atoms with E-state index in [1.165, 1.54) is 24.1 Å². The second kappa shape index (κ2) is 5.65. The molecule has 3 nitrogen and oxygen atoms in total. The number of phenolic OH excluding ortho intramolecular Hbond substituents is 1. The van der Waals surface area contributed by atoms with Gasteiger partial charge in [0.15, 0.2) is 0 Å². The van der Waals surface area contributed by atoms with Crippen molar-refractivity contribution in [2.24, 2.45) is 0 Å². The Morgan fingerprint density at radius 1 is 0.909 bits per heavy atom. The zero-order valence-electron chi connectivity index (χ0n) is 12.7. The van der Waals surface area contributed by atoms with Crippen LogP contribution in [0.5, 0.6) is 5.75 Å². The molecular weight excluding hydrogens is 272 g/mol. The van der Waals surface area contributed by atoms with E-state index in [1.54, 1.807) is 6.07 Å². The Labute approximate surface area is 131 Å². The zero-order valence-corrected chi connectivity index (χ0v) is 12.7. The van der Waals surface area contributed by atoms with Gasteiger partial charge >= 0.3 is 0 Å². The molecule has 2 heterocycles. The Morgan fingerprint density at radius 2 is 1.64 bits per heavy atom. The lowest BCUT2D eigenvalue weighted by molar-refractivity contribution is 0.212. The molecule has 2 aromatic carbocycles. The number of hydrogen-bond donors (Lipinski definition) is 1. The summed E-state index contributed by atoms with van der Waals surface area (Å²) in [4.78, 5) is 5.11. The first kappa shape index (κ1) is 13.6. The number of rotatable bonds is 3. The molecule has 0 amide bonds. The number of phenols is 1. The fourth-order valence-electron chi connectivity index (χ4n) is 4.04. The molecule has 2 atom stereocenters. The Kier molecular flexibility index (Phi) is 3.51. The van der Waals surface area contributed by atoms with Crippen LogP contribution in [0.2, 0.25) is 0 Å². The maximum absolute atomic E-state index is 9.75. The number of likely N-dealkylation sites (tertiary alicyclic amines) is 1.